The molecule has 1 atom stereocenters. The second kappa shape index (κ2) is 8.99. The average molecular weight is 367 g/mol. The topological polar surface area (TPSA) is 92.7 Å². The summed E-state index contributed by atoms with van der Waals surface area (Å²) in [6, 6.07) is 0. The third-order valence-corrected chi connectivity index (χ3v) is 5.64. The lowest BCUT2D eigenvalue weighted by molar-refractivity contribution is -0.137. The minimum atomic E-state index is -0.919. The lowest BCUT2D eigenvalue weighted by Gasteiger charge is -2.20. The lowest BCUT2D eigenvalue weighted by Crippen LogP contribution is -2.17. The highest BCUT2D eigenvalue weighted by Gasteiger charge is 2.29. The summed E-state index contributed by atoms with van der Waals surface area (Å²) in [5, 5.41) is 12.0. The van der Waals surface area contributed by atoms with Crippen molar-refractivity contribution in [3.05, 3.63) is 16.0 Å². The normalized spacial score (nSPS) is 16.2. The predicted octanol–water partition coefficient (Wildman–Crippen LogP) is 3.63. The van der Waals surface area contributed by atoms with E-state index in [-0.39, 0.29) is 31.8 Å². The summed E-state index contributed by atoms with van der Waals surface area (Å²) in [4.78, 5) is 36.2. The number of nitrogens with one attached hydrogen (secondary N) is 1. The maximum Gasteiger partial charge on any atom is 0.341 e. The van der Waals surface area contributed by atoms with Gasteiger partial charge in [-0.1, -0.05) is 13.3 Å². The Morgan fingerprint density at radius 2 is 2.04 bits per heavy atom. The molecule has 138 valence electrons. The number of hydrogen-bond donors (Lipinski definition) is 2. The summed E-state index contributed by atoms with van der Waals surface area (Å²) in [5.41, 5.74) is 1.50. The Morgan fingerprint density at radius 3 is 2.68 bits per heavy atom. The summed E-state index contributed by atoms with van der Waals surface area (Å²) in [7, 11) is 0. The number of anilines is 1. The molecule has 0 aromatic carbocycles. The number of carbonyl (C=O) groups is 3. The summed E-state index contributed by atoms with van der Waals surface area (Å²) in [6.07, 6.45) is 4.25. The van der Waals surface area contributed by atoms with E-state index >= 15 is 0 Å². The van der Waals surface area contributed by atoms with Gasteiger partial charge in [-0.2, -0.15) is 0 Å². The number of thiophene rings is 1. The first kappa shape index (κ1) is 19.4. The minimum absolute atomic E-state index is 0.0444. The molecule has 0 radical (unpaired) electrons. The highest BCUT2D eigenvalue weighted by molar-refractivity contribution is 7.17. The van der Waals surface area contributed by atoms with E-state index in [0.29, 0.717) is 16.5 Å². The van der Waals surface area contributed by atoms with Crippen molar-refractivity contribution in [1.29, 1.82) is 0 Å². The number of carboxylic acid groups (broad SMARTS) is 1. The van der Waals surface area contributed by atoms with Crippen LogP contribution in [-0.4, -0.2) is 29.6 Å². The Hall–Kier alpha value is -1.89. The Kier molecular flexibility index (Phi) is 6.99. The van der Waals surface area contributed by atoms with E-state index in [1.54, 1.807) is 6.92 Å². The van der Waals surface area contributed by atoms with Gasteiger partial charge in [0.25, 0.3) is 0 Å². The molecule has 7 heteroatoms. The Balaban J connectivity index is 2.18. The van der Waals surface area contributed by atoms with Crippen LogP contribution in [0.1, 0.15) is 66.8 Å². The number of ether oxygens (including phenoxy) is 1. The monoisotopic (exact) mass is 367 g/mol. The van der Waals surface area contributed by atoms with Crippen molar-refractivity contribution < 1.29 is 24.2 Å². The smallest absolute Gasteiger partial charge is 0.341 e. The molecule has 0 bridgehead atoms. The fourth-order valence-electron chi connectivity index (χ4n) is 3.10. The van der Waals surface area contributed by atoms with Crippen LogP contribution < -0.4 is 5.32 Å². The van der Waals surface area contributed by atoms with E-state index < -0.39 is 11.9 Å². The van der Waals surface area contributed by atoms with Crippen LogP contribution in [0.2, 0.25) is 0 Å². The van der Waals surface area contributed by atoms with Gasteiger partial charge in [0.05, 0.1) is 12.2 Å². The molecule has 0 aliphatic heterocycles. The second-order valence-electron chi connectivity index (χ2n) is 6.24. The third-order valence-electron chi connectivity index (χ3n) is 4.47. The van der Waals surface area contributed by atoms with E-state index in [4.69, 9.17) is 9.84 Å². The van der Waals surface area contributed by atoms with Crippen LogP contribution in [-0.2, 0) is 27.2 Å². The molecule has 1 amide bonds. The fraction of sp³-hybridized carbons (Fsp3) is 0.611. The molecule has 6 nitrogen and oxygen atoms in total. The van der Waals surface area contributed by atoms with E-state index in [0.717, 1.165) is 36.1 Å². The first-order valence-electron chi connectivity index (χ1n) is 8.79. The molecule has 0 fully saturated rings. The van der Waals surface area contributed by atoms with Gasteiger partial charge in [-0.3, -0.25) is 9.59 Å². The number of esters is 1. The van der Waals surface area contributed by atoms with Crippen LogP contribution in [0.3, 0.4) is 0 Å². The van der Waals surface area contributed by atoms with E-state index in [1.165, 1.54) is 11.3 Å². The summed E-state index contributed by atoms with van der Waals surface area (Å²) in [6.45, 7) is 4.21. The van der Waals surface area contributed by atoms with Crippen molar-refractivity contribution in [2.45, 2.75) is 58.8 Å². The molecule has 2 rings (SSSR count). The average Bonchev–Trinajstić information content (AvgIpc) is 2.91. The highest BCUT2D eigenvalue weighted by atomic mass is 32.1. The Bertz CT molecular complexity index is 652. The molecule has 1 aliphatic carbocycles. The molecule has 0 saturated heterocycles. The predicted molar refractivity (Wildman–Crippen MR) is 96.2 cm³/mol. The Morgan fingerprint density at radius 1 is 1.28 bits per heavy atom. The van der Waals surface area contributed by atoms with Gasteiger partial charge in [0.1, 0.15) is 5.00 Å². The molecule has 0 spiro atoms. The van der Waals surface area contributed by atoms with Gasteiger partial charge in [0.15, 0.2) is 0 Å². The maximum atomic E-state index is 12.4. The van der Waals surface area contributed by atoms with Crippen molar-refractivity contribution in [3.8, 4) is 0 Å². The number of fused-ring (bicyclic) bond motifs is 1. The zero-order valence-electron chi connectivity index (χ0n) is 14.7. The van der Waals surface area contributed by atoms with Gasteiger partial charge in [-0.15, -0.1) is 11.3 Å². The van der Waals surface area contributed by atoms with Gasteiger partial charge in [-0.05, 0) is 44.1 Å². The van der Waals surface area contributed by atoms with Crippen molar-refractivity contribution in [1.82, 2.24) is 0 Å². The van der Waals surface area contributed by atoms with Crippen molar-refractivity contribution in [3.63, 3.8) is 0 Å². The SMILES string of the molecule is CCOC(=O)c1c(NC(=O)CCCC(=O)O)sc2c1CC[C@@H](CC)C2. The van der Waals surface area contributed by atoms with Crippen molar-refractivity contribution in [2.24, 2.45) is 5.92 Å². The summed E-state index contributed by atoms with van der Waals surface area (Å²) >= 11 is 1.45. The summed E-state index contributed by atoms with van der Waals surface area (Å²) < 4.78 is 5.18. The molecule has 1 aliphatic rings. The van der Waals surface area contributed by atoms with Crippen LogP contribution in [0.15, 0.2) is 0 Å². The van der Waals surface area contributed by atoms with E-state index in [2.05, 4.69) is 12.2 Å². The molecular weight excluding hydrogens is 342 g/mol. The molecule has 0 unspecified atom stereocenters. The number of hydrogen-bond acceptors (Lipinski definition) is 5. The van der Waals surface area contributed by atoms with Gasteiger partial charge in [0, 0.05) is 17.7 Å². The van der Waals surface area contributed by atoms with Gasteiger partial charge in [-0.25, -0.2) is 4.79 Å². The minimum Gasteiger partial charge on any atom is -0.481 e. The zero-order valence-corrected chi connectivity index (χ0v) is 15.5. The lowest BCUT2D eigenvalue weighted by atomic mass is 9.85. The maximum absolute atomic E-state index is 12.4. The van der Waals surface area contributed by atoms with Gasteiger partial charge >= 0.3 is 11.9 Å². The van der Waals surface area contributed by atoms with Crippen LogP contribution in [0, 0.1) is 5.92 Å². The van der Waals surface area contributed by atoms with Crippen LogP contribution in [0.25, 0.3) is 0 Å². The number of amides is 1. The largest absolute Gasteiger partial charge is 0.481 e. The zero-order chi connectivity index (χ0) is 18.4. The van der Waals surface area contributed by atoms with E-state index in [1.807, 2.05) is 0 Å². The molecule has 0 saturated carbocycles. The molecule has 1 aromatic rings. The molecule has 2 N–H and O–H groups in total. The molecule has 25 heavy (non-hydrogen) atoms. The molecule has 1 heterocycles. The first-order valence-corrected chi connectivity index (χ1v) is 9.61. The fourth-order valence-corrected chi connectivity index (χ4v) is 4.47. The van der Waals surface area contributed by atoms with Crippen LogP contribution in [0.5, 0.6) is 0 Å². The summed E-state index contributed by atoms with van der Waals surface area (Å²) in [5.74, 6) is -0.967. The highest BCUT2D eigenvalue weighted by Crippen LogP contribution is 2.40. The number of aliphatic carboxylic acids is 1. The third kappa shape index (κ3) is 5.04. The van der Waals surface area contributed by atoms with E-state index in [9.17, 15) is 14.4 Å². The quantitative estimate of drug-likeness (QED) is 0.684. The first-order chi connectivity index (χ1) is 12.0. The standard InChI is InChI=1S/C18H25NO5S/c1-3-11-8-9-12-13(10-11)25-17(16(12)18(23)24-4-2)19-14(20)6-5-7-15(21)22/h11H,3-10H2,1-2H3,(H,19,20)(H,21,22)/t11-/m1/s1. The molecular formula is C18H25NO5S. The van der Waals surface area contributed by atoms with Gasteiger partial charge < -0.3 is 15.2 Å². The van der Waals surface area contributed by atoms with Gasteiger partial charge in [0.2, 0.25) is 5.91 Å². The van der Waals surface area contributed by atoms with Crippen LogP contribution in [0.4, 0.5) is 5.00 Å². The van der Waals surface area contributed by atoms with Crippen molar-refractivity contribution in [2.75, 3.05) is 11.9 Å². The molecule has 1 aromatic heterocycles. The Labute approximate surface area is 151 Å². The number of carbonyl (C=O) groups excluding carboxylic acids is 2. The number of rotatable bonds is 8. The van der Waals surface area contributed by atoms with Crippen LogP contribution >= 0.6 is 11.3 Å². The number of carboxylic acids is 1. The van der Waals surface area contributed by atoms with Crippen molar-refractivity contribution >= 4 is 34.2 Å². The second-order valence-corrected chi connectivity index (χ2v) is 7.35.